The number of rotatable bonds is 11. The highest BCUT2D eigenvalue weighted by Crippen LogP contribution is 2.37. The summed E-state index contributed by atoms with van der Waals surface area (Å²) in [5, 5.41) is 3.26. The second-order valence-corrected chi connectivity index (χ2v) is 11.6. The van der Waals surface area contributed by atoms with E-state index in [0.29, 0.717) is 63.6 Å². The predicted octanol–water partition coefficient (Wildman–Crippen LogP) is 3.25. The number of amides is 1. The van der Waals surface area contributed by atoms with E-state index >= 15 is 0 Å². The summed E-state index contributed by atoms with van der Waals surface area (Å²) in [5.74, 6) is 0.514. The van der Waals surface area contributed by atoms with E-state index in [1.54, 1.807) is 30.7 Å². The fourth-order valence-corrected chi connectivity index (χ4v) is 7.30. The van der Waals surface area contributed by atoms with Gasteiger partial charge in [-0.2, -0.15) is 17.0 Å². The summed E-state index contributed by atoms with van der Waals surface area (Å²) in [4.78, 5) is 13.3. The summed E-state index contributed by atoms with van der Waals surface area (Å²) in [5.41, 5.74) is 1.53. The molecule has 1 N–H and O–H groups in total. The van der Waals surface area contributed by atoms with Crippen molar-refractivity contribution >= 4 is 16.1 Å². The molecule has 9 nitrogen and oxygen atoms in total. The van der Waals surface area contributed by atoms with Crippen LogP contribution in [0.2, 0.25) is 0 Å². The summed E-state index contributed by atoms with van der Waals surface area (Å²) in [6, 6.07) is 16.9. The van der Waals surface area contributed by atoms with Crippen molar-refractivity contribution in [2.24, 2.45) is 5.92 Å². The van der Waals surface area contributed by atoms with Crippen molar-refractivity contribution in [1.82, 2.24) is 13.9 Å². The lowest BCUT2D eigenvalue weighted by molar-refractivity contribution is 0.0660. The standard InChI is InChI=1S/C28H39N3O6S/c1-35-19-18-31(38(33,34)30-16-20-37-21-17-30)24-14-12-23(13-15-24)27(22-8-4-3-5-9-22)29-28(32)25-10-6-7-11-26(25)36-2/h3-11,23-24,27H,12-21H2,1-2H3,(H,29,32). The number of hydrogen-bond acceptors (Lipinski definition) is 6. The molecule has 2 aliphatic rings. The Morgan fingerprint density at radius 2 is 1.68 bits per heavy atom. The molecule has 1 unspecified atom stereocenters. The van der Waals surface area contributed by atoms with Crippen LogP contribution in [0.15, 0.2) is 54.6 Å². The minimum absolute atomic E-state index is 0.115. The first kappa shape index (κ1) is 28.5. The van der Waals surface area contributed by atoms with E-state index < -0.39 is 10.2 Å². The Labute approximate surface area is 226 Å². The number of morpholine rings is 1. The maximum Gasteiger partial charge on any atom is 0.282 e. The number of nitrogens with one attached hydrogen (secondary N) is 1. The first-order valence-electron chi connectivity index (χ1n) is 13.3. The minimum Gasteiger partial charge on any atom is -0.496 e. The molecule has 4 rings (SSSR count). The van der Waals surface area contributed by atoms with Gasteiger partial charge in [0.25, 0.3) is 16.1 Å². The maximum atomic E-state index is 13.6. The molecule has 1 saturated heterocycles. The van der Waals surface area contributed by atoms with Crippen LogP contribution >= 0.6 is 0 Å². The van der Waals surface area contributed by atoms with Gasteiger partial charge in [-0.1, -0.05) is 42.5 Å². The van der Waals surface area contributed by atoms with Gasteiger partial charge in [-0.15, -0.1) is 0 Å². The number of hydrogen-bond donors (Lipinski definition) is 1. The molecule has 2 fully saturated rings. The molecular weight excluding hydrogens is 506 g/mol. The highest BCUT2D eigenvalue weighted by molar-refractivity contribution is 7.86. The smallest absolute Gasteiger partial charge is 0.282 e. The molecule has 208 valence electrons. The van der Waals surface area contributed by atoms with E-state index in [1.807, 2.05) is 42.5 Å². The third-order valence-electron chi connectivity index (χ3n) is 7.53. The first-order valence-corrected chi connectivity index (χ1v) is 14.7. The molecule has 1 amide bonds. The molecule has 0 bridgehead atoms. The third-order valence-corrected chi connectivity index (χ3v) is 9.62. The van der Waals surface area contributed by atoms with E-state index in [0.717, 1.165) is 18.4 Å². The number of ether oxygens (including phenoxy) is 3. The average Bonchev–Trinajstić information content (AvgIpc) is 2.97. The van der Waals surface area contributed by atoms with E-state index in [9.17, 15) is 13.2 Å². The third kappa shape index (κ3) is 6.73. The fourth-order valence-electron chi connectivity index (χ4n) is 5.50. The zero-order valence-corrected chi connectivity index (χ0v) is 23.1. The lowest BCUT2D eigenvalue weighted by Gasteiger charge is -2.41. The van der Waals surface area contributed by atoms with Crippen molar-refractivity contribution in [2.75, 3.05) is 53.7 Å². The largest absolute Gasteiger partial charge is 0.496 e. The Morgan fingerprint density at radius 1 is 1.03 bits per heavy atom. The van der Waals surface area contributed by atoms with E-state index in [1.165, 1.54) is 4.31 Å². The van der Waals surface area contributed by atoms with Crippen molar-refractivity contribution in [1.29, 1.82) is 0 Å². The number of methoxy groups -OCH3 is 2. The van der Waals surface area contributed by atoms with Crippen molar-refractivity contribution in [3.05, 3.63) is 65.7 Å². The highest BCUT2D eigenvalue weighted by atomic mass is 32.2. The summed E-state index contributed by atoms with van der Waals surface area (Å²) >= 11 is 0. The number of nitrogens with zero attached hydrogens (tertiary/aromatic N) is 2. The van der Waals surface area contributed by atoms with Gasteiger partial charge in [0.2, 0.25) is 0 Å². The molecule has 2 aromatic carbocycles. The van der Waals surface area contributed by atoms with Crippen LogP contribution < -0.4 is 10.1 Å². The Kier molecular flexibility index (Phi) is 10.1. The average molecular weight is 546 g/mol. The number of para-hydroxylation sites is 1. The fraction of sp³-hybridized carbons (Fsp3) is 0.536. The van der Waals surface area contributed by atoms with Crippen LogP contribution in [0.4, 0.5) is 0 Å². The van der Waals surface area contributed by atoms with Gasteiger partial charge >= 0.3 is 0 Å². The molecule has 38 heavy (non-hydrogen) atoms. The second-order valence-electron chi connectivity index (χ2n) is 9.75. The van der Waals surface area contributed by atoms with Crippen molar-refractivity contribution in [2.45, 2.75) is 37.8 Å². The molecule has 1 atom stereocenters. The van der Waals surface area contributed by atoms with Crippen LogP contribution in [-0.2, 0) is 19.7 Å². The van der Waals surface area contributed by atoms with Gasteiger partial charge in [0.1, 0.15) is 5.75 Å². The molecular formula is C28H39N3O6S. The molecule has 0 aromatic heterocycles. The predicted molar refractivity (Wildman–Crippen MR) is 145 cm³/mol. The molecule has 0 radical (unpaired) electrons. The number of carbonyl (C=O) groups is 1. The van der Waals surface area contributed by atoms with Gasteiger partial charge in [-0.05, 0) is 49.3 Å². The number of benzene rings is 2. The molecule has 1 heterocycles. The molecule has 1 saturated carbocycles. The molecule has 1 aliphatic carbocycles. The summed E-state index contributed by atoms with van der Waals surface area (Å²) in [6.45, 7) is 2.21. The summed E-state index contributed by atoms with van der Waals surface area (Å²) in [6.07, 6.45) is 3.01. The molecule has 2 aromatic rings. The highest BCUT2D eigenvalue weighted by Gasteiger charge is 2.39. The lowest BCUT2D eigenvalue weighted by Crippen LogP contribution is -2.53. The Hall–Kier alpha value is -2.50. The topological polar surface area (TPSA) is 97.4 Å². The van der Waals surface area contributed by atoms with Gasteiger partial charge in [0.15, 0.2) is 0 Å². The second kappa shape index (κ2) is 13.5. The van der Waals surface area contributed by atoms with Gasteiger partial charge in [-0.3, -0.25) is 4.79 Å². The van der Waals surface area contributed by atoms with Crippen LogP contribution in [0.1, 0.15) is 47.6 Å². The van der Waals surface area contributed by atoms with Gasteiger partial charge in [-0.25, -0.2) is 0 Å². The minimum atomic E-state index is -3.63. The van der Waals surface area contributed by atoms with Gasteiger partial charge in [0.05, 0.1) is 38.5 Å². The van der Waals surface area contributed by atoms with Crippen LogP contribution in [0, 0.1) is 5.92 Å². The first-order chi connectivity index (χ1) is 18.5. The zero-order chi connectivity index (χ0) is 27.0. The summed E-state index contributed by atoms with van der Waals surface area (Å²) in [7, 11) is -0.479. The van der Waals surface area contributed by atoms with Crippen molar-refractivity contribution in [3.8, 4) is 5.75 Å². The van der Waals surface area contributed by atoms with E-state index in [-0.39, 0.29) is 23.9 Å². The normalized spacial score (nSPS) is 21.7. The van der Waals surface area contributed by atoms with Gasteiger partial charge in [0, 0.05) is 32.8 Å². The maximum absolute atomic E-state index is 13.6. The van der Waals surface area contributed by atoms with Crippen LogP contribution in [0.25, 0.3) is 0 Å². The molecule has 1 aliphatic heterocycles. The van der Waals surface area contributed by atoms with E-state index in [4.69, 9.17) is 14.2 Å². The Balaban J connectivity index is 1.50. The SMILES string of the molecule is COCCN(C1CCC(C(NC(=O)c2ccccc2OC)c2ccccc2)CC1)S(=O)(=O)N1CCOCC1. The van der Waals surface area contributed by atoms with Crippen LogP contribution in [-0.4, -0.2) is 82.7 Å². The lowest BCUT2D eigenvalue weighted by atomic mass is 9.79. The zero-order valence-electron chi connectivity index (χ0n) is 22.3. The van der Waals surface area contributed by atoms with Crippen molar-refractivity contribution in [3.63, 3.8) is 0 Å². The monoisotopic (exact) mass is 545 g/mol. The molecule has 0 spiro atoms. The van der Waals surface area contributed by atoms with Gasteiger partial charge < -0.3 is 19.5 Å². The van der Waals surface area contributed by atoms with Crippen LogP contribution in [0.3, 0.4) is 0 Å². The Morgan fingerprint density at radius 3 is 2.34 bits per heavy atom. The van der Waals surface area contributed by atoms with E-state index in [2.05, 4.69) is 5.32 Å². The number of carbonyl (C=O) groups excluding carboxylic acids is 1. The quantitative estimate of drug-likeness (QED) is 0.466. The Bertz CT molecular complexity index is 1130. The van der Waals surface area contributed by atoms with Crippen LogP contribution in [0.5, 0.6) is 5.75 Å². The summed E-state index contributed by atoms with van der Waals surface area (Å²) < 4.78 is 46.3. The molecule has 10 heteroatoms. The van der Waals surface area contributed by atoms with Crippen molar-refractivity contribution < 1.29 is 27.4 Å².